The van der Waals surface area contributed by atoms with Crippen LogP contribution in [0.1, 0.15) is 12.6 Å². The zero-order valence-corrected chi connectivity index (χ0v) is 28.3. The number of carbonyl (C=O) groups is 2. The van der Waals surface area contributed by atoms with Gasteiger partial charge in [-0.25, -0.2) is 14.7 Å². The van der Waals surface area contributed by atoms with E-state index in [1.165, 1.54) is 34.9 Å². The minimum Gasteiger partial charge on any atom is -0.292 e. The molecular weight excluding hydrogens is 674 g/mol. The van der Waals surface area contributed by atoms with Gasteiger partial charge in [-0.15, -0.1) is 11.3 Å². The first-order valence-electron chi connectivity index (χ1n) is 14.2. The molecule has 0 radical (unpaired) electrons. The molecule has 1 fully saturated rings. The Morgan fingerprint density at radius 2 is 1.53 bits per heavy atom. The molecule has 1 saturated heterocycles. The normalized spacial score (nSPS) is 17.2. The number of carbonyl (C=O) groups excluding carboxylic acids is 2. The number of halogens is 1. The fourth-order valence-electron chi connectivity index (χ4n) is 5.09. The van der Waals surface area contributed by atoms with Crippen molar-refractivity contribution in [1.29, 1.82) is 0 Å². The van der Waals surface area contributed by atoms with Crippen LogP contribution in [-0.4, -0.2) is 36.2 Å². The predicted octanol–water partition coefficient (Wildman–Crippen LogP) is 7.35. The highest BCUT2D eigenvalue weighted by molar-refractivity contribution is 8.22. The Bertz CT molecular complexity index is 2210. The van der Waals surface area contributed by atoms with Crippen molar-refractivity contribution in [3.63, 3.8) is 0 Å². The lowest BCUT2D eigenvalue weighted by Crippen LogP contribution is -2.29. The third-order valence-electron chi connectivity index (χ3n) is 7.43. The molecule has 0 unspecified atom stereocenters. The van der Waals surface area contributed by atoms with Crippen LogP contribution in [0.5, 0.6) is 0 Å². The summed E-state index contributed by atoms with van der Waals surface area (Å²) >= 11 is 9.72. The number of thiazole rings is 1. The first-order valence-corrected chi connectivity index (χ1v) is 17.1. The highest BCUT2D eigenvalue weighted by atomic mass is 35.5. The summed E-state index contributed by atoms with van der Waals surface area (Å²) in [5.74, 6) is -0.533. The van der Waals surface area contributed by atoms with Crippen LogP contribution in [0.15, 0.2) is 115 Å². The Labute approximate surface area is 286 Å². The van der Waals surface area contributed by atoms with Gasteiger partial charge in [-0.3, -0.25) is 24.0 Å². The van der Waals surface area contributed by atoms with E-state index in [9.17, 15) is 14.4 Å². The molecule has 0 N–H and O–H groups in total. The third-order valence-corrected chi connectivity index (χ3v) is 10.7. The third kappa shape index (κ3) is 5.65. The second kappa shape index (κ2) is 12.5. The van der Waals surface area contributed by atoms with E-state index < -0.39 is 0 Å². The van der Waals surface area contributed by atoms with E-state index in [2.05, 4.69) is 5.10 Å². The maximum Gasteiger partial charge on any atom is 0.281 e. The molecule has 7 rings (SSSR count). The number of aliphatic imine (C=N–C) groups is 1. The van der Waals surface area contributed by atoms with Gasteiger partial charge in [0, 0.05) is 30.1 Å². The Morgan fingerprint density at radius 3 is 2.19 bits per heavy atom. The van der Waals surface area contributed by atoms with Gasteiger partial charge in [-0.05, 0) is 79.0 Å². The summed E-state index contributed by atoms with van der Waals surface area (Å²) in [7, 11) is 1.84. The molecule has 14 heteroatoms. The zero-order valence-electron chi connectivity index (χ0n) is 25.1. The van der Waals surface area contributed by atoms with E-state index in [4.69, 9.17) is 21.6 Å². The van der Waals surface area contributed by atoms with Gasteiger partial charge in [0.15, 0.2) is 16.0 Å². The average Bonchev–Trinajstić information content (AvgIpc) is 3.84. The Hall–Kier alpha value is -4.69. The summed E-state index contributed by atoms with van der Waals surface area (Å²) in [5.41, 5.74) is 3.57. The molecule has 0 saturated carbocycles. The van der Waals surface area contributed by atoms with Crippen molar-refractivity contribution in [2.75, 3.05) is 9.91 Å². The summed E-state index contributed by atoms with van der Waals surface area (Å²) in [5, 5.41) is 9.97. The second-order valence-electron chi connectivity index (χ2n) is 10.4. The summed E-state index contributed by atoms with van der Waals surface area (Å²) in [6.07, 6.45) is 0. The van der Waals surface area contributed by atoms with E-state index in [1.807, 2.05) is 79.3 Å². The minimum absolute atomic E-state index is 0.189. The van der Waals surface area contributed by atoms with Crippen LogP contribution in [0.3, 0.4) is 0 Å². The number of ketones is 1. The number of aromatic nitrogens is 3. The molecule has 0 spiro atoms. The van der Waals surface area contributed by atoms with Crippen molar-refractivity contribution in [1.82, 2.24) is 14.3 Å². The molecule has 2 aliphatic heterocycles. The van der Waals surface area contributed by atoms with E-state index in [1.54, 1.807) is 39.3 Å². The monoisotopic (exact) mass is 697 g/mol. The number of para-hydroxylation sites is 2. The molecule has 2 aliphatic rings. The smallest absolute Gasteiger partial charge is 0.281 e. The van der Waals surface area contributed by atoms with E-state index in [0.717, 1.165) is 23.1 Å². The van der Waals surface area contributed by atoms with Crippen molar-refractivity contribution >= 4 is 84.9 Å². The van der Waals surface area contributed by atoms with Crippen LogP contribution in [0.4, 0.5) is 16.5 Å². The number of benzene rings is 3. The van der Waals surface area contributed by atoms with E-state index >= 15 is 0 Å². The van der Waals surface area contributed by atoms with Crippen molar-refractivity contribution < 1.29 is 9.59 Å². The number of thioether (sulfide) groups is 2. The largest absolute Gasteiger partial charge is 0.292 e. The molecule has 0 bridgehead atoms. The number of amidine groups is 1. The predicted molar refractivity (Wildman–Crippen MR) is 192 cm³/mol. The highest BCUT2D eigenvalue weighted by Gasteiger charge is 2.41. The number of amides is 1. The first kappa shape index (κ1) is 30.9. The number of hydrogen-bond acceptors (Lipinski definition) is 10. The van der Waals surface area contributed by atoms with Crippen LogP contribution in [0.2, 0.25) is 5.02 Å². The molecule has 234 valence electrons. The highest BCUT2D eigenvalue weighted by Crippen LogP contribution is 2.46. The van der Waals surface area contributed by atoms with Gasteiger partial charge >= 0.3 is 0 Å². The summed E-state index contributed by atoms with van der Waals surface area (Å²) < 4.78 is 3.42. The van der Waals surface area contributed by atoms with E-state index in [-0.39, 0.29) is 22.3 Å². The number of nitrogens with zero attached hydrogens (tertiary/aromatic N) is 7. The molecule has 47 heavy (non-hydrogen) atoms. The second-order valence-corrected chi connectivity index (χ2v) is 13.6. The Balaban J connectivity index is 1.31. The van der Waals surface area contributed by atoms with Crippen molar-refractivity contribution in [2.24, 2.45) is 17.1 Å². The van der Waals surface area contributed by atoms with Gasteiger partial charge in [-0.1, -0.05) is 48.0 Å². The topological polar surface area (TPSA) is 105 Å². The summed E-state index contributed by atoms with van der Waals surface area (Å²) in [6.45, 7) is 3.32. The zero-order chi connectivity index (χ0) is 32.8. The lowest BCUT2D eigenvalue weighted by atomic mass is 10.2. The maximum atomic E-state index is 14.2. The molecule has 2 aromatic heterocycles. The molecule has 1 amide bonds. The number of anilines is 2. The van der Waals surface area contributed by atoms with Gasteiger partial charge < -0.3 is 0 Å². The number of rotatable bonds is 6. The molecular formula is C33H24ClN7O3S3. The molecule has 5 aromatic rings. The Morgan fingerprint density at radius 1 is 0.872 bits per heavy atom. The van der Waals surface area contributed by atoms with Crippen LogP contribution in [0, 0.1) is 6.92 Å². The van der Waals surface area contributed by atoms with Crippen LogP contribution >= 0.6 is 46.5 Å². The number of hydrazone groups is 1. The molecule has 0 atom stereocenters. The lowest BCUT2D eigenvalue weighted by molar-refractivity contribution is -0.113. The maximum absolute atomic E-state index is 14.2. The fraction of sp³-hybridized carbons (Fsp3) is 0.0909. The molecule has 0 aliphatic carbocycles. The fourth-order valence-corrected chi connectivity index (χ4v) is 8.01. The average molecular weight is 698 g/mol. The summed E-state index contributed by atoms with van der Waals surface area (Å²) in [6, 6.07) is 25.6. The molecule has 3 aromatic carbocycles. The number of Topliss-reactive ketones (excluding diaryl/α,β-unsaturated/α-hetero) is 1. The number of hydrogen-bond donors (Lipinski definition) is 0. The quantitative estimate of drug-likeness (QED) is 0.171. The van der Waals surface area contributed by atoms with Crippen molar-refractivity contribution in [2.45, 2.75) is 13.8 Å². The van der Waals surface area contributed by atoms with Gasteiger partial charge in [0.05, 0.1) is 28.3 Å². The Kier molecular flexibility index (Phi) is 8.22. The SMILES string of the molecule is CC(=O)C1=NN(c2ccc(Cl)cc2)/C(=C2\S/C(=N/c3nc(-c4c(C)n(C)n(-c5ccccc5)c4=O)cs3)N(c3ccccc3)C2=O)S1. The molecule has 4 heterocycles. The lowest BCUT2D eigenvalue weighted by Gasteiger charge is -2.17. The van der Waals surface area contributed by atoms with E-state index in [0.29, 0.717) is 47.9 Å². The van der Waals surface area contributed by atoms with Crippen LogP contribution in [0.25, 0.3) is 16.9 Å². The summed E-state index contributed by atoms with van der Waals surface area (Å²) in [4.78, 5) is 51.7. The van der Waals surface area contributed by atoms with Gasteiger partial charge in [0.25, 0.3) is 11.5 Å². The molecule has 10 nitrogen and oxygen atoms in total. The van der Waals surface area contributed by atoms with Gasteiger partial charge in [0.2, 0.25) is 5.13 Å². The first-order chi connectivity index (χ1) is 22.7. The van der Waals surface area contributed by atoms with Crippen LogP contribution < -0.4 is 15.5 Å². The van der Waals surface area contributed by atoms with Crippen LogP contribution in [-0.2, 0) is 16.6 Å². The van der Waals surface area contributed by atoms with Gasteiger partial charge in [0.1, 0.15) is 9.93 Å². The van der Waals surface area contributed by atoms with Gasteiger partial charge in [-0.2, -0.15) is 10.1 Å². The van der Waals surface area contributed by atoms with Crippen molar-refractivity contribution in [3.05, 3.63) is 121 Å². The minimum atomic E-state index is -0.317. The van der Waals surface area contributed by atoms with Crippen molar-refractivity contribution in [3.8, 4) is 16.9 Å². The standard InChI is InChI=1S/C33H24ClN7O3S3/c1-19-26(29(43)41(38(19)3)24-12-8-5-9-13-24)25-18-45-32(35-25)36-33-39(22-10-6-4-7-11-22)30(44)27(46-33)31-40(37-28(47-31)20(2)42)23-16-14-21(34)15-17-23/h4-18H,1-3H3/b31-27+,36-33+.